The Morgan fingerprint density at radius 3 is 2.50 bits per heavy atom. The van der Waals surface area contributed by atoms with Crippen molar-refractivity contribution in [1.82, 2.24) is 5.32 Å². The van der Waals surface area contributed by atoms with Gasteiger partial charge in [0, 0.05) is 0 Å². The second-order valence-electron chi connectivity index (χ2n) is 4.32. The smallest absolute Gasteiger partial charge is 0.450 e. The molecule has 0 bridgehead atoms. The number of carbonyl (C=O) groups is 1. The molecule has 5 heteroatoms. The lowest BCUT2D eigenvalue weighted by Crippen LogP contribution is -2.42. The maximum Gasteiger partial charge on any atom is 0.507 e. The van der Waals surface area contributed by atoms with Gasteiger partial charge in [-0.05, 0) is 19.8 Å². The topological polar surface area (TPSA) is 58.6 Å². The lowest BCUT2D eigenvalue weighted by atomic mass is 10.1. The van der Waals surface area contributed by atoms with Crippen LogP contribution >= 0.6 is 11.8 Å². The minimum atomic E-state index is -1.22. The predicted octanol–water partition coefficient (Wildman–Crippen LogP) is 2.10. The van der Waals surface area contributed by atoms with Crippen LogP contribution in [-0.4, -0.2) is 27.6 Å². The zero-order valence-corrected chi connectivity index (χ0v) is 9.72. The summed E-state index contributed by atoms with van der Waals surface area (Å²) in [5.41, 5.74) is 0. The summed E-state index contributed by atoms with van der Waals surface area (Å²) >= 11 is 1.73. The molecular weight excluding hydrogens is 202 g/mol. The van der Waals surface area contributed by atoms with Crippen molar-refractivity contribution in [2.45, 2.75) is 44.0 Å². The molecule has 0 radical (unpaired) electrons. The number of carboxylic acid groups (broad SMARTS) is 1. The van der Waals surface area contributed by atoms with Crippen LogP contribution in [0, 0.1) is 5.92 Å². The highest BCUT2D eigenvalue weighted by molar-refractivity contribution is 8.01. The molecule has 1 aliphatic rings. The summed E-state index contributed by atoms with van der Waals surface area (Å²) in [7, 11) is 0. The normalized spacial score (nSPS) is 30.6. The first kappa shape index (κ1) is 11.7. The Bertz CT molecular complexity index is 230. The third-order valence-electron chi connectivity index (χ3n) is 2.20. The van der Waals surface area contributed by atoms with Gasteiger partial charge >= 0.3 is 6.16 Å². The van der Waals surface area contributed by atoms with Crippen LogP contribution in [0.3, 0.4) is 0 Å². The largest absolute Gasteiger partial charge is 0.507 e. The number of hydrogen-bond acceptors (Lipinski definition) is 4. The minimum Gasteiger partial charge on any atom is -0.450 e. The van der Waals surface area contributed by atoms with E-state index in [0.29, 0.717) is 5.92 Å². The number of hydrogen-bond donors (Lipinski definition) is 2. The fourth-order valence-electron chi connectivity index (χ4n) is 1.38. The van der Waals surface area contributed by atoms with Crippen LogP contribution in [0.5, 0.6) is 0 Å². The van der Waals surface area contributed by atoms with Crippen molar-refractivity contribution in [1.29, 1.82) is 0 Å². The zero-order chi connectivity index (χ0) is 10.9. The molecule has 0 aromatic carbocycles. The van der Waals surface area contributed by atoms with Crippen molar-refractivity contribution in [3.05, 3.63) is 0 Å². The lowest BCUT2D eigenvalue weighted by molar-refractivity contribution is 0.0261. The Morgan fingerprint density at radius 1 is 1.57 bits per heavy atom. The molecule has 0 amide bonds. The highest BCUT2D eigenvalue weighted by atomic mass is 32.2. The standard InChI is InChI=1S/C9H17NO3S/c1-5(2)6-10-7(13-8(11)12)9(3,4)14-6/h5-7,10H,1-4H3,(H,11,12). The molecule has 1 aliphatic heterocycles. The first-order chi connectivity index (χ1) is 6.33. The third kappa shape index (κ3) is 2.54. The summed E-state index contributed by atoms with van der Waals surface area (Å²) in [4.78, 5) is 10.4. The fourth-order valence-corrected chi connectivity index (χ4v) is 2.74. The molecule has 0 saturated carbocycles. The maximum absolute atomic E-state index is 10.4. The van der Waals surface area contributed by atoms with Gasteiger partial charge in [0.15, 0.2) is 6.23 Å². The van der Waals surface area contributed by atoms with Crippen LogP contribution in [0.2, 0.25) is 0 Å². The molecule has 1 heterocycles. The maximum atomic E-state index is 10.4. The van der Waals surface area contributed by atoms with Crippen molar-refractivity contribution >= 4 is 17.9 Å². The molecule has 0 spiro atoms. The molecule has 0 aromatic rings. The highest BCUT2D eigenvalue weighted by Gasteiger charge is 2.44. The summed E-state index contributed by atoms with van der Waals surface area (Å²) in [5, 5.41) is 12.0. The van der Waals surface area contributed by atoms with E-state index >= 15 is 0 Å². The van der Waals surface area contributed by atoms with Crippen LogP contribution in [0.25, 0.3) is 0 Å². The van der Waals surface area contributed by atoms with E-state index in [1.54, 1.807) is 11.8 Å². The van der Waals surface area contributed by atoms with Crippen LogP contribution in [0.4, 0.5) is 4.79 Å². The van der Waals surface area contributed by atoms with Gasteiger partial charge in [0.25, 0.3) is 0 Å². The van der Waals surface area contributed by atoms with Crippen molar-refractivity contribution < 1.29 is 14.6 Å². The Hall–Kier alpha value is -0.420. The summed E-state index contributed by atoms with van der Waals surface area (Å²) in [6.07, 6.45) is -1.64. The van der Waals surface area contributed by atoms with Crippen molar-refractivity contribution in [2.24, 2.45) is 5.92 Å². The SMILES string of the molecule is CC(C)C1NC(OC(=O)O)C(C)(C)S1. The Balaban J connectivity index is 2.64. The average Bonchev–Trinajstić information content (AvgIpc) is 2.26. The molecule has 14 heavy (non-hydrogen) atoms. The third-order valence-corrected chi connectivity index (χ3v) is 3.96. The van der Waals surface area contributed by atoms with Gasteiger partial charge < -0.3 is 9.84 Å². The van der Waals surface area contributed by atoms with Gasteiger partial charge in [-0.1, -0.05) is 13.8 Å². The zero-order valence-electron chi connectivity index (χ0n) is 8.90. The second kappa shape index (κ2) is 3.98. The Labute approximate surface area is 88.4 Å². The van der Waals surface area contributed by atoms with E-state index in [4.69, 9.17) is 9.84 Å². The molecule has 1 saturated heterocycles. The van der Waals surface area contributed by atoms with E-state index in [-0.39, 0.29) is 10.1 Å². The molecular formula is C9H17NO3S. The Morgan fingerprint density at radius 2 is 2.14 bits per heavy atom. The van der Waals surface area contributed by atoms with E-state index in [1.165, 1.54) is 0 Å². The Kier molecular flexibility index (Phi) is 3.32. The van der Waals surface area contributed by atoms with Crippen LogP contribution in [0.15, 0.2) is 0 Å². The van der Waals surface area contributed by atoms with Crippen LogP contribution in [-0.2, 0) is 4.74 Å². The first-order valence-electron chi connectivity index (χ1n) is 4.66. The summed E-state index contributed by atoms with van der Waals surface area (Å²) in [6, 6.07) is 0. The monoisotopic (exact) mass is 219 g/mol. The molecule has 1 fully saturated rings. The molecule has 2 atom stereocenters. The van der Waals surface area contributed by atoms with Gasteiger partial charge in [-0.25, -0.2) is 4.79 Å². The van der Waals surface area contributed by atoms with E-state index in [0.717, 1.165) is 0 Å². The van der Waals surface area contributed by atoms with Crippen LogP contribution in [0.1, 0.15) is 27.7 Å². The van der Waals surface area contributed by atoms with Gasteiger partial charge in [0.05, 0.1) is 10.1 Å². The second-order valence-corrected chi connectivity index (χ2v) is 6.11. The van der Waals surface area contributed by atoms with Crippen LogP contribution < -0.4 is 5.32 Å². The number of rotatable bonds is 2. The summed E-state index contributed by atoms with van der Waals surface area (Å²) in [6.45, 7) is 8.18. The number of ether oxygens (including phenoxy) is 1. The highest BCUT2D eigenvalue weighted by Crippen LogP contribution is 2.40. The molecule has 0 aromatic heterocycles. The molecule has 2 N–H and O–H groups in total. The molecule has 82 valence electrons. The molecule has 4 nitrogen and oxygen atoms in total. The van der Waals surface area contributed by atoms with Crippen molar-refractivity contribution in [3.8, 4) is 0 Å². The average molecular weight is 219 g/mol. The summed E-state index contributed by atoms with van der Waals surface area (Å²) < 4.78 is 4.59. The molecule has 1 rings (SSSR count). The van der Waals surface area contributed by atoms with E-state index < -0.39 is 12.4 Å². The van der Waals surface area contributed by atoms with Gasteiger partial charge in [0.2, 0.25) is 0 Å². The van der Waals surface area contributed by atoms with Crippen molar-refractivity contribution in [2.75, 3.05) is 0 Å². The summed E-state index contributed by atoms with van der Waals surface area (Å²) in [5.74, 6) is 0.460. The first-order valence-corrected chi connectivity index (χ1v) is 5.54. The minimum absolute atomic E-state index is 0.201. The predicted molar refractivity (Wildman–Crippen MR) is 56.3 cm³/mol. The molecule has 0 aliphatic carbocycles. The van der Waals surface area contributed by atoms with Crippen molar-refractivity contribution in [3.63, 3.8) is 0 Å². The number of nitrogens with one attached hydrogen (secondary N) is 1. The van der Waals surface area contributed by atoms with Gasteiger partial charge in [-0.2, -0.15) is 0 Å². The van der Waals surface area contributed by atoms with E-state index in [2.05, 4.69) is 19.2 Å². The lowest BCUT2D eigenvalue weighted by Gasteiger charge is -2.23. The van der Waals surface area contributed by atoms with E-state index in [1.807, 2.05) is 13.8 Å². The number of thioether (sulfide) groups is 1. The van der Waals surface area contributed by atoms with E-state index in [9.17, 15) is 4.79 Å². The van der Waals surface area contributed by atoms with Gasteiger partial charge in [-0.3, -0.25) is 5.32 Å². The quantitative estimate of drug-likeness (QED) is 0.696. The van der Waals surface area contributed by atoms with Gasteiger partial charge in [0.1, 0.15) is 0 Å². The van der Waals surface area contributed by atoms with Gasteiger partial charge in [-0.15, -0.1) is 11.8 Å². The fraction of sp³-hybridized carbons (Fsp3) is 0.889. The molecule has 2 unspecified atom stereocenters.